The molecule has 8 nitrogen and oxygen atoms in total. The molecular formula is C23H30N4O4S. The lowest BCUT2D eigenvalue weighted by molar-refractivity contribution is 0.0550. The van der Waals surface area contributed by atoms with E-state index in [9.17, 15) is 9.90 Å². The molecule has 1 amide bonds. The number of ether oxygens (including phenoxy) is 2. The van der Waals surface area contributed by atoms with Gasteiger partial charge in [0.1, 0.15) is 18.1 Å². The van der Waals surface area contributed by atoms with Crippen molar-refractivity contribution < 1.29 is 19.4 Å². The number of fused-ring (bicyclic) bond motifs is 1. The second-order valence-electron chi connectivity index (χ2n) is 8.63. The van der Waals surface area contributed by atoms with Crippen LogP contribution >= 0.6 is 11.3 Å². The number of aromatic nitrogens is 1. The first-order valence-electron chi connectivity index (χ1n) is 11.4. The van der Waals surface area contributed by atoms with E-state index in [1.54, 1.807) is 6.20 Å². The molecule has 9 heteroatoms. The lowest BCUT2D eigenvalue weighted by Crippen LogP contribution is -2.47. The Morgan fingerprint density at radius 3 is 2.56 bits per heavy atom. The van der Waals surface area contributed by atoms with Gasteiger partial charge in [-0.25, -0.2) is 4.98 Å². The minimum absolute atomic E-state index is 0.0338. The Hall–Kier alpha value is -2.36. The van der Waals surface area contributed by atoms with E-state index in [-0.39, 0.29) is 18.1 Å². The van der Waals surface area contributed by atoms with E-state index in [0.29, 0.717) is 44.0 Å². The van der Waals surface area contributed by atoms with Gasteiger partial charge in [0.05, 0.1) is 12.3 Å². The molecule has 1 atom stereocenters. The van der Waals surface area contributed by atoms with Crippen molar-refractivity contribution in [2.75, 3.05) is 57.4 Å². The molecular weight excluding hydrogens is 428 g/mol. The van der Waals surface area contributed by atoms with Crippen LogP contribution in [0.3, 0.4) is 0 Å². The van der Waals surface area contributed by atoms with Crippen LogP contribution in [0.15, 0.2) is 24.4 Å². The molecule has 0 saturated carbocycles. The highest BCUT2D eigenvalue weighted by Crippen LogP contribution is 2.34. The van der Waals surface area contributed by atoms with Crippen molar-refractivity contribution in [3.8, 4) is 11.5 Å². The van der Waals surface area contributed by atoms with Gasteiger partial charge < -0.3 is 24.4 Å². The molecule has 1 aromatic heterocycles. The number of hydrogen-bond donors (Lipinski definition) is 1. The third kappa shape index (κ3) is 4.42. The summed E-state index contributed by atoms with van der Waals surface area (Å²) in [5.74, 6) is 1.70. The van der Waals surface area contributed by atoms with Gasteiger partial charge in [0.15, 0.2) is 16.6 Å². The fourth-order valence-electron chi connectivity index (χ4n) is 4.57. The van der Waals surface area contributed by atoms with E-state index in [0.717, 1.165) is 42.8 Å². The van der Waals surface area contributed by atoms with Gasteiger partial charge in [0.25, 0.3) is 5.91 Å². The number of carbonyl (C=O) groups is 1. The average Bonchev–Trinajstić information content (AvgIpc) is 3.34. The number of rotatable bonds is 4. The summed E-state index contributed by atoms with van der Waals surface area (Å²) in [5.41, 5.74) is 1.23. The quantitative estimate of drug-likeness (QED) is 0.754. The van der Waals surface area contributed by atoms with Gasteiger partial charge in [-0.1, -0.05) is 17.4 Å². The van der Waals surface area contributed by atoms with Crippen LogP contribution in [-0.2, 0) is 0 Å². The highest BCUT2D eigenvalue weighted by molar-refractivity contribution is 7.17. The first-order valence-corrected chi connectivity index (χ1v) is 12.2. The maximum atomic E-state index is 12.8. The molecule has 2 fully saturated rings. The Bertz CT molecular complexity index is 951. The number of nitrogens with zero attached hydrogens (tertiary/aromatic N) is 4. The SMILES string of the molecule is CC(c1ccc2c(c1)OCCO2)N1CCN(c2ncc(C(=O)N3CCC(O)CC3)s2)CC1. The third-order valence-corrected chi connectivity index (χ3v) is 7.68. The van der Waals surface area contributed by atoms with Gasteiger partial charge in [-0.05, 0) is 37.5 Å². The van der Waals surface area contributed by atoms with Crippen LogP contribution in [0.4, 0.5) is 5.13 Å². The number of thiazole rings is 1. The van der Waals surface area contributed by atoms with E-state index in [4.69, 9.17) is 9.47 Å². The molecule has 0 bridgehead atoms. The van der Waals surface area contributed by atoms with E-state index in [1.165, 1.54) is 16.9 Å². The van der Waals surface area contributed by atoms with E-state index in [2.05, 4.69) is 33.8 Å². The number of aliphatic hydroxyl groups excluding tert-OH is 1. The number of likely N-dealkylation sites (tertiary alicyclic amines) is 1. The minimum Gasteiger partial charge on any atom is -0.486 e. The summed E-state index contributed by atoms with van der Waals surface area (Å²) in [5, 5.41) is 10.6. The van der Waals surface area contributed by atoms with Crippen molar-refractivity contribution in [1.29, 1.82) is 0 Å². The van der Waals surface area contributed by atoms with E-state index >= 15 is 0 Å². The van der Waals surface area contributed by atoms with Gasteiger partial charge in [-0.3, -0.25) is 9.69 Å². The largest absolute Gasteiger partial charge is 0.486 e. The van der Waals surface area contributed by atoms with Crippen molar-refractivity contribution in [3.05, 3.63) is 34.8 Å². The zero-order valence-electron chi connectivity index (χ0n) is 18.4. The topological polar surface area (TPSA) is 78.4 Å². The number of aliphatic hydroxyl groups is 1. The van der Waals surface area contributed by atoms with Crippen LogP contribution in [0, 0.1) is 0 Å². The zero-order chi connectivity index (χ0) is 22.1. The molecule has 4 heterocycles. The van der Waals surface area contributed by atoms with E-state index in [1.807, 2.05) is 11.0 Å². The fourth-order valence-corrected chi connectivity index (χ4v) is 5.50. The van der Waals surface area contributed by atoms with Crippen LogP contribution in [-0.4, -0.2) is 84.4 Å². The van der Waals surface area contributed by atoms with Crippen molar-refractivity contribution in [1.82, 2.24) is 14.8 Å². The van der Waals surface area contributed by atoms with Crippen LogP contribution in [0.5, 0.6) is 11.5 Å². The van der Waals surface area contributed by atoms with Gasteiger partial charge in [0, 0.05) is 45.3 Å². The second kappa shape index (κ2) is 9.25. The van der Waals surface area contributed by atoms with Crippen LogP contribution < -0.4 is 14.4 Å². The molecule has 1 unspecified atom stereocenters. The molecule has 1 N–H and O–H groups in total. The standard InChI is InChI=1S/C23H30N4O4S/c1-16(17-2-3-19-20(14-17)31-13-12-30-19)25-8-10-27(11-9-25)23-24-15-21(32-23)22(29)26-6-4-18(28)5-7-26/h2-3,14-16,18,28H,4-13H2,1H3. The number of benzene rings is 1. The fraction of sp³-hybridized carbons (Fsp3) is 0.565. The van der Waals surface area contributed by atoms with Gasteiger partial charge >= 0.3 is 0 Å². The maximum absolute atomic E-state index is 12.8. The molecule has 2 saturated heterocycles. The Morgan fingerprint density at radius 1 is 1.09 bits per heavy atom. The summed E-state index contributed by atoms with van der Waals surface area (Å²) in [6.45, 7) is 8.30. The van der Waals surface area contributed by atoms with Crippen LogP contribution in [0.1, 0.15) is 41.0 Å². The normalized spacial score (nSPS) is 20.9. The van der Waals surface area contributed by atoms with Crippen LogP contribution in [0.25, 0.3) is 0 Å². The molecule has 5 rings (SSSR count). The summed E-state index contributed by atoms with van der Waals surface area (Å²) < 4.78 is 11.4. The monoisotopic (exact) mass is 458 g/mol. The predicted molar refractivity (Wildman–Crippen MR) is 123 cm³/mol. The summed E-state index contributed by atoms with van der Waals surface area (Å²) in [4.78, 5) is 24.6. The van der Waals surface area contributed by atoms with Crippen molar-refractivity contribution >= 4 is 22.4 Å². The molecule has 0 aliphatic carbocycles. The number of carbonyl (C=O) groups excluding carboxylic acids is 1. The number of hydrogen-bond acceptors (Lipinski definition) is 8. The minimum atomic E-state index is -0.281. The molecule has 3 aliphatic heterocycles. The smallest absolute Gasteiger partial charge is 0.265 e. The Kier molecular flexibility index (Phi) is 6.21. The summed E-state index contributed by atoms with van der Waals surface area (Å²) in [7, 11) is 0. The zero-order valence-corrected chi connectivity index (χ0v) is 19.2. The Labute approximate surface area is 192 Å². The molecule has 3 aliphatic rings. The lowest BCUT2D eigenvalue weighted by atomic mass is 10.1. The molecule has 0 radical (unpaired) electrons. The first kappa shape index (κ1) is 21.5. The van der Waals surface area contributed by atoms with Crippen LogP contribution in [0.2, 0.25) is 0 Å². The number of amides is 1. The van der Waals surface area contributed by atoms with Gasteiger partial charge in [-0.15, -0.1) is 0 Å². The summed E-state index contributed by atoms with van der Waals surface area (Å²) >= 11 is 1.48. The van der Waals surface area contributed by atoms with Crippen molar-refractivity contribution in [3.63, 3.8) is 0 Å². The molecule has 1 aromatic carbocycles. The van der Waals surface area contributed by atoms with Crippen molar-refractivity contribution in [2.45, 2.75) is 31.9 Å². The highest BCUT2D eigenvalue weighted by atomic mass is 32.1. The first-order chi connectivity index (χ1) is 15.6. The lowest BCUT2D eigenvalue weighted by Gasteiger charge is -2.38. The predicted octanol–water partition coefficient (Wildman–Crippen LogP) is 2.39. The number of piperazine rings is 1. The Balaban J connectivity index is 1.18. The van der Waals surface area contributed by atoms with E-state index < -0.39 is 0 Å². The summed E-state index contributed by atoms with van der Waals surface area (Å²) in [6, 6.07) is 6.52. The molecule has 0 spiro atoms. The van der Waals surface area contributed by atoms with Crippen molar-refractivity contribution in [2.24, 2.45) is 0 Å². The average molecular weight is 459 g/mol. The maximum Gasteiger partial charge on any atom is 0.265 e. The third-order valence-electron chi connectivity index (χ3n) is 6.64. The van der Waals surface area contributed by atoms with Gasteiger partial charge in [0.2, 0.25) is 0 Å². The molecule has 32 heavy (non-hydrogen) atoms. The Morgan fingerprint density at radius 2 is 1.81 bits per heavy atom. The number of piperidine rings is 1. The molecule has 2 aromatic rings. The van der Waals surface area contributed by atoms with Gasteiger partial charge in [-0.2, -0.15) is 0 Å². The number of anilines is 1. The second-order valence-corrected chi connectivity index (χ2v) is 9.64. The highest BCUT2D eigenvalue weighted by Gasteiger charge is 2.27. The molecule has 172 valence electrons. The summed E-state index contributed by atoms with van der Waals surface area (Å²) in [6.07, 6.45) is 2.73.